The monoisotopic (exact) mass is 380 g/mol. The van der Waals surface area contributed by atoms with Gasteiger partial charge in [-0.05, 0) is 18.9 Å². The molecule has 10 nitrogen and oxygen atoms in total. The third-order valence-corrected chi connectivity index (χ3v) is 5.47. The molecule has 0 spiro atoms. The Morgan fingerprint density at radius 3 is 2.65 bits per heavy atom. The van der Waals surface area contributed by atoms with Crippen LogP contribution in [-0.2, 0) is 16.4 Å². The molecule has 3 heterocycles. The summed E-state index contributed by atoms with van der Waals surface area (Å²) < 4.78 is 29.8. The molecular weight excluding hydrogens is 360 g/mol. The van der Waals surface area contributed by atoms with Crippen LogP contribution in [0.15, 0.2) is 23.0 Å². The second-order valence-corrected chi connectivity index (χ2v) is 8.04. The summed E-state index contributed by atoms with van der Waals surface area (Å²) in [4.78, 5) is 23.9. The van der Waals surface area contributed by atoms with Crippen LogP contribution >= 0.6 is 0 Å². The lowest BCUT2D eigenvalue weighted by molar-refractivity contribution is 0.0943. The molecule has 0 radical (unpaired) electrons. The van der Waals surface area contributed by atoms with Crippen molar-refractivity contribution in [2.75, 3.05) is 25.9 Å². The minimum Gasteiger partial charge on any atom is -0.349 e. The van der Waals surface area contributed by atoms with Gasteiger partial charge in [-0.15, -0.1) is 0 Å². The molecule has 0 aliphatic carbocycles. The number of hydrogen-bond donors (Lipinski definition) is 1. The lowest BCUT2D eigenvalue weighted by Crippen LogP contribution is -2.37. The van der Waals surface area contributed by atoms with Gasteiger partial charge in [0.05, 0.1) is 6.26 Å². The highest BCUT2D eigenvalue weighted by Crippen LogP contribution is 2.26. The van der Waals surface area contributed by atoms with Crippen molar-refractivity contribution >= 4 is 15.9 Å². The summed E-state index contributed by atoms with van der Waals surface area (Å²) in [7, 11) is -3.15. The van der Waals surface area contributed by atoms with Gasteiger partial charge in [-0.3, -0.25) is 4.79 Å². The minimum atomic E-state index is -3.15. The van der Waals surface area contributed by atoms with Gasteiger partial charge >= 0.3 is 0 Å². The lowest BCUT2D eigenvalue weighted by atomic mass is 9.97. The molecule has 0 unspecified atom stereocenters. The van der Waals surface area contributed by atoms with E-state index >= 15 is 0 Å². The fourth-order valence-corrected chi connectivity index (χ4v) is 3.63. The second kappa shape index (κ2) is 7.87. The van der Waals surface area contributed by atoms with Crippen LogP contribution in [0.25, 0.3) is 0 Å². The average Bonchev–Trinajstić information content (AvgIpc) is 3.11. The third kappa shape index (κ3) is 4.61. The Kier molecular flexibility index (Phi) is 5.57. The van der Waals surface area contributed by atoms with E-state index in [1.807, 2.05) is 0 Å². The molecular formula is C15H20N6O4S. The van der Waals surface area contributed by atoms with Crippen LogP contribution in [0.2, 0.25) is 0 Å². The van der Waals surface area contributed by atoms with Crippen molar-refractivity contribution in [3.8, 4) is 0 Å². The van der Waals surface area contributed by atoms with Gasteiger partial charge in [0.2, 0.25) is 21.7 Å². The summed E-state index contributed by atoms with van der Waals surface area (Å²) in [5.74, 6) is 0.846. The highest BCUT2D eigenvalue weighted by Gasteiger charge is 2.28. The molecule has 0 bridgehead atoms. The van der Waals surface area contributed by atoms with Crippen LogP contribution in [0.4, 0.5) is 0 Å². The summed E-state index contributed by atoms with van der Waals surface area (Å²) in [6.07, 6.45) is 5.94. The number of nitrogens with one attached hydrogen (secondary N) is 1. The Balaban J connectivity index is 1.47. The van der Waals surface area contributed by atoms with Gasteiger partial charge in [0, 0.05) is 44.4 Å². The van der Waals surface area contributed by atoms with E-state index in [4.69, 9.17) is 4.52 Å². The number of hydrogen-bond acceptors (Lipinski definition) is 8. The Morgan fingerprint density at radius 2 is 2.00 bits per heavy atom. The zero-order chi connectivity index (χ0) is 18.6. The number of rotatable bonds is 6. The van der Waals surface area contributed by atoms with Gasteiger partial charge in [-0.2, -0.15) is 4.98 Å². The molecule has 0 atom stereocenters. The van der Waals surface area contributed by atoms with Crippen molar-refractivity contribution in [3.63, 3.8) is 0 Å². The van der Waals surface area contributed by atoms with Gasteiger partial charge < -0.3 is 9.84 Å². The number of aromatic nitrogens is 4. The normalized spacial score (nSPS) is 16.5. The largest absolute Gasteiger partial charge is 0.349 e. The van der Waals surface area contributed by atoms with Crippen molar-refractivity contribution < 1.29 is 17.7 Å². The van der Waals surface area contributed by atoms with E-state index < -0.39 is 10.0 Å². The van der Waals surface area contributed by atoms with Gasteiger partial charge in [0.25, 0.3) is 5.91 Å². The molecule has 0 aromatic carbocycles. The SMILES string of the molecule is CS(=O)(=O)N1CCC(c2noc(CCNC(=O)c3ncccn3)n2)CC1. The molecule has 1 aliphatic heterocycles. The number of carbonyl (C=O) groups excluding carboxylic acids is 1. The maximum atomic E-state index is 11.8. The summed E-state index contributed by atoms with van der Waals surface area (Å²) in [5.41, 5.74) is 0. The molecule has 1 fully saturated rings. The van der Waals surface area contributed by atoms with Crippen LogP contribution in [-0.4, -0.2) is 64.6 Å². The topological polar surface area (TPSA) is 131 Å². The highest BCUT2D eigenvalue weighted by atomic mass is 32.2. The summed E-state index contributed by atoms with van der Waals surface area (Å²) in [6, 6.07) is 1.64. The first-order valence-corrected chi connectivity index (χ1v) is 10.1. The molecule has 26 heavy (non-hydrogen) atoms. The predicted octanol–water partition coefficient (Wildman–Crippen LogP) is -0.0289. The molecule has 1 N–H and O–H groups in total. The van der Waals surface area contributed by atoms with E-state index in [-0.39, 0.29) is 17.6 Å². The Morgan fingerprint density at radius 1 is 1.31 bits per heavy atom. The number of piperidine rings is 1. The first-order valence-electron chi connectivity index (χ1n) is 8.26. The van der Waals surface area contributed by atoms with Gasteiger partial charge in [-0.1, -0.05) is 5.16 Å². The average molecular weight is 380 g/mol. The molecule has 1 amide bonds. The van der Waals surface area contributed by atoms with E-state index in [2.05, 4.69) is 25.4 Å². The molecule has 140 valence electrons. The van der Waals surface area contributed by atoms with Gasteiger partial charge in [0.15, 0.2) is 5.82 Å². The predicted molar refractivity (Wildman–Crippen MR) is 90.8 cm³/mol. The molecule has 3 rings (SSSR count). The fourth-order valence-electron chi connectivity index (χ4n) is 2.76. The minimum absolute atomic E-state index is 0.0813. The van der Waals surface area contributed by atoms with E-state index in [0.29, 0.717) is 50.6 Å². The summed E-state index contributed by atoms with van der Waals surface area (Å²) in [6.45, 7) is 1.24. The van der Waals surface area contributed by atoms with Crippen molar-refractivity contribution in [3.05, 3.63) is 36.0 Å². The third-order valence-electron chi connectivity index (χ3n) is 4.17. The van der Waals surface area contributed by atoms with Crippen molar-refractivity contribution in [2.45, 2.75) is 25.2 Å². The molecule has 11 heteroatoms. The standard InChI is InChI=1S/C15H20N6O4S/c1-26(23,24)21-9-4-11(5-10-21)13-19-12(25-20-13)3-8-18-15(22)14-16-6-2-7-17-14/h2,6-7,11H,3-5,8-10H2,1H3,(H,18,22). The van der Waals surface area contributed by atoms with Crippen LogP contribution < -0.4 is 5.32 Å². The first-order chi connectivity index (χ1) is 12.4. The van der Waals surface area contributed by atoms with Crippen molar-refractivity contribution in [1.82, 2.24) is 29.7 Å². The number of carbonyl (C=O) groups is 1. The van der Waals surface area contributed by atoms with E-state index in [1.54, 1.807) is 6.07 Å². The quantitative estimate of drug-likeness (QED) is 0.739. The van der Waals surface area contributed by atoms with Crippen LogP contribution in [0.3, 0.4) is 0 Å². The van der Waals surface area contributed by atoms with Crippen molar-refractivity contribution in [2.24, 2.45) is 0 Å². The van der Waals surface area contributed by atoms with E-state index in [0.717, 1.165) is 0 Å². The zero-order valence-electron chi connectivity index (χ0n) is 14.3. The molecule has 2 aromatic heterocycles. The fraction of sp³-hybridized carbons (Fsp3) is 0.533. The molecule has 2 aromatic rings. The second-order valence-electron chi connectivity index (χ2n) is 6.06. The maximum absolute atomic E-state index is 11.8. The smallest absolute Gasteiger partial charge is 0.289 e. The van der Waals surface area contributed by atoms with Gasteiger partial charge in [0.1, 0.15) is 0 Å². The van der Waals surface area contributed by atoms with Gasteiger partial charge in [-0.25, -0.2) is 22.7 Å². The number of amides is 1. The summed E-state index contributed by atoms with van der Waals surface area (Å²) >= 11 is 0. The van der Waals surface area contributed by atoms with E-state index in [1.165, 1.54) is 23.0 Å². The zero-order valence-corrected chi connectivity index (χ0v) is 15.1. The molecule has 0 saturated carbocycles. The molecule has 1 saturated heterocycles. The van der Waals surface area contributed by atoms with Crippen LogP contribution in [0.1, 0.15) is 41.1 Å². The Labute approximate surface area is 151 Å². The lowest BCUT2D eigenvalue weighted by Gasteiger charge is -2.28. The summed E-state index contributed by atoms with van der Waals surface area (Å²) in [5, 5.41) is 6.69. The van der Waals surface area contributed by atoms with Crippen LogP contribution in [0.5, 0.6) is 0 Å². The first kappa shape index (κ1) is 18.4. The van der Waals surface area contributed by atoms with Crippen LogP contribution in [0, 0.1) is 0 Å². The number of sulfonamides is 1. The molecule has 1 aliphatic rings. The highest BCUT2D eigenvalue weighted by molar-refractivity contribution is 7.88. The van der Waals surface area contributed by atoms with Crippen molar-refractivity contribution in [1.29, 1.82) is 0 Å². The number of nitrogens with zero attached hydrogens (tertiary/aromatic N) is 5. The Hall–Kier alpha value is -2.40. The maximum Gasteiger partial charge on any atom is 0.289 e. The Bertz CT molecular complexity index is 846. The van der Waals surface area contributed by atoms with E-state index in [9.17, 15) is 13.2 Å².